The molecule has 0 aliphatic rings. The zero-order chi connectivity index (χ0) is 14.5. The maximum atomic E-state index is 4.94. The Hall–Kier alpha value is -1.57. The number of rotatable bonds is 6. The molecule has 0 unspecified atom stereocenters. The average Bonchev–Trinajstić information content (AvgIpc) is 2.39. The van der Waals surface area contributed by atoms with E-state index in [0.29, 0.717) is 5.92 Å². The van der Waals surface area contributed by atoms with E-state index in [1.807, 2.05) is 0 Å². The molecule has 0 bridgehead atoms. The molecular weight excluding hydrogens is 244 g/mol. The largest absolute Gasteiger partial charge is 0.385 e. The molecule has 0 spiro atoms. The van der Waals surface area contributed by atoms with E-state index in [4.69, 9.17) is 4.98 Å². The van der Waals surface area contributed by atoms with E-state index in [-0.39, 0.29) is 0 Å². The zero-order valence-corrected chi connectivity index (χ0v) is 13.2. The molecule has 0 fully saturated rings. The molecular formula is C18H26N2. The van der Waals surface area contributed by atoms with Crippen molar-refractivity contribution < 1.29 is 0 Å². The van der Waals surface area contributed by atoms with Gasteiger partial charge in [0, 0.05) is 23.3 Å². The lowest BCUT2D eigenvalue weighted by Crippen LogP contribution is -2.04. The smallest absolute Gasteiger partial charge is 0.0758 e. The number of fused-ring (bicyclic) bond motifs is 1. The van der Waals surface area contributed by atoms with Gasteiger partial charge in [0.2, 0.25) is 0 Å². The topological polar surface area (TPSA) is 24.9 Å². The highest BCUT2D eigenvalue weighted by Crippen LogP contribution is 2.27. The minimum absolute atomic E-state index is 0.632. The van der Waals surface area contributed by atoms with Crippen LogP contribution in [0.3, 0.4) is 0 Å². The minimum Gasteiger partial charge on any atom is -0.385 e. The van der Waals surface area contributed by atoms with Gasteiger partial charge in [0.25, 0.3) is 0 Å². The number of hydrogen-bond donors (Lipinski definition) is 1. The normalized spacial score (nSPS) is 11.2. The number of benzene rings is 1. The molecule has 0 aliphatic heterocycles. The molecule has 1 aromatic carbocycles. The first kappa shape index (κ1) is 14.8. The fourth-order valence-electron chi connectivity index (χ4n) is 2.69. The van der Waals surface area contributed by atoms with Crippen LogP contribution in [0.2, 0.25) is 0 Å². The number of hydrogen-bond acceptors (Lipinski definition) is 2. The minimum atomic E-state index is 0.632. The van der Waals surface area contributed by atoms with Gasteiger partial charge >= 0.3 is 0 Å². The van der Waals surface area contributed by atoms with Crippen LogP contribution in [0, 0.1) is 5.92 Å². The van der Waals surface area contributed by atoms with Gasteiger partial charge < -0.3 is 5.32 Å². The van der Waals surface area contributed by atoms with Crippen LogP contribution in [0.15, 0.2) is 24.3 Å². The first-order chi connectivity index (χ1) is 9.65. The summed E-state index contributed by atoms with van der Waals surface area (Å²) < 4.78 is 0. The monoisotopic (exact) mass is 270 g/mol. The van der Waals surface area contributed by atoms with Gasteiger partial charge in [-0.15, -0.1) is 0 Å². The van der Waals surface area contributed by atoms with Gasteiger partial charge in [0.1, 0.15) is 0 Å². The number of aromatic nitrogens is 1. The summed E-state index contributed by atoms with van der Waals surface area (Å²) >= 11 is 0. The van der Waals surface area contributed by atoms with Gasteiger partial charge in [-0.05, 0) is 37.3 Å². The number of anilines is 1. The predicted molar refractivity (Wildman–Crippen MR) is 88.4 cm³/mol. The summed E-state index contributed by atoms with van der Waals surface area (Å²) in [5, 5.41) is 4.75. The summed E-state index contributed by atoms with van der Waals surface area (Å²) in [4.78, 5) is 4.94. The summed E-state index contributed by atoms with van der Waals surface area (Å²) in [6.07, 6.45) is 3.29. The molecule has 2 rings (SSSR count). The third-order valence-electron chi connectivity index (χ3n) is 3.48. The first-order valence-corrected chi connectivity index (χ1v) is 7.81. The highest BCUT2D eigenvalue weighted by atomic mass is 14.9. The van der Waals surface area contributed by atoms with Crippen molar-refractivity contribution in [3.8, 4) is 0 Å². The van der Waals surface area contributed by atoms with Gasteiger partial charge in [0.05, 0.1) is 5.52 Å². The van der Waals surface area contributed by atoms with Gasteiger partial charge in [-0.3, -0.25) is 4.98 Å². The molecule has 2 nitrogen and oxygen atoms in total. The van der Waals surface area contributed by atoms with Crippen LogP contribution in [0.4, 0.5) is 5.69 Å². The Balaban J connectivity index is 2.58. The number of para-hydroxylation sites is 1. The standard InChI is InChI=1S/C18H26N2/c1-5-8-14-9-7-10-16-17(19-6-2)12-15(11-13(3)4)20-18(14)16/h7,9-10,12-13H,5-6,8,11H2,1-4H3,(H,19,20). The van der Waals surface area contributed by atoms with Crippen molar-refractivity contribution in [2.75, 3.05) is 11.9 Å². The molecule has 1 aromatic heterocycles. The maximum Gasteiger partial charge on any atom is 0.0758 e. The van der Waals surface area contributed by atoms with Crippen molar-refractivity contribution in [1.29, 1.82) is 0 Å². The van der Waals surface area contributed by atoms with Crippen LogP contribution in [-0.2, 0) is 12.8 Å². The number of nitrogens with zero attached hydrogens (tertiary/aromatic N) is 1. The van der Waals surface area contributed by atoms with E-state index in [1.54, 1.807) is 0 Å². The van der Waals surface area contributed by atoms with Gasteiger partial charge in [-0.1, -0.05) is 45.4 Å². The van der Waals surface area contributed by atoms with Gasteiger partial charge in [0.15, 0.2) is 0 Å². The van der Waals surface area contributed by atoms with E-state index in [9.17, 15) is 0 Å². The van der Waals surface area contributed by atoms with E-state index >= 15 is 0 Å². The molecule has 0 saturated heterocycles. The van der Waals surface area contributed by atoms with E-state index in [0.717, 1.165) is 25.8 Å². The average molecular weight is 270 g/mol. The molecule has 0 atom stereocenters. The summed E-state index contributed by atoms with van der Waals surface area (Å²) in [6, 6.07) is 8.77. The van der Waals surface area contributed by atoms with Crippen molar-refractivity contribution in [2.45, 2.75) is 47.0 Å². The van der Waals surface area contributed by atoms with E-state index < -0.39 is 0 Å². The Bertz CT molecular complexity index is 573. The lowest BCUT2D eigenvalue weighted by atomic mass is 10.0. The maximum absolute atomic E-state index is 4.94. The van der Waals surface area contributed by atoms with Crippen LogP contribution in [0.5, 0.6) is 0 Å². The van der Waals surface area contributed by atoms with Crippen LogP contribution in [0.25, 0.3) is 10.9 Å². The Labute approximate surface area is 122 Å². The second-order valence-electron chi connectivity index (χ2n) is 5.85. The van der Waals surface area contributed by atoms with Crippen LogP contribution < -0.4 is 5.32 Å². The van der Waals surface area contributed by atoms with E-state index in [1.165, 1.54) is 27.8 Å². The van der Waals surface area contributed by atoms with Crippen molar-refractivity contribution in [2.24, 2.45) is 5.92 Å². The first-order valence-electron chi connectivity index (χ1n) is 7.81. The Kier molecular flexibility index (Phi) is 4.99. The van der Waals surface area contributed by atoms with Gasteiger partial charge in [-0.2, -0.15) is 0 Å². The lowest BCUT2D eigenvalue weighted by Gasteiger charge is -2.14. The fraction of sp³-hybridized carbons (Fsp3) is 0.500. The van der Waals surface area contributed by atoms with Crippen LogP contribution >= 0.6 is 0 Å². The molecule has 20 heavy (non-hydrogen) atoms. The molecule has 2 aromatic rings. The molecule has 0 amide bonds. The summed E-state index contributed by atoms with van der Waals surface area (Å²) in [5.74, 6) is 0.632. The van der Waals surface area contributed by atoms with Crippen molar-refractivity contribution in [3.05, 3.63) is 35.5 Å². The van der Waals surface area contributed by atoms with Crippen LogP contribution in [-0.4, -0.2) is 11.5 Å². The number of nitrogens with one attached hydrogen (secondary N) is 1. The SMILES string of the molecule is CCCc1cccc2c(NCC)cc(CC(C)C)nc12. The number of aryl methyl sites for hydroxylation is 1. The third-order valence-corrected chi connectivity index (χ3v) is 3.48. The third kappa shape index (κ3) is 3.30. The summed E-state index contributed by atoms with van der Waals surface area (Å²) in [5.41, 5.74) is 4.98. The molecule has 1 heterocycles. The van der Waals surface area contributed by atoms with Crippen LogP contribution in [0.1, 0.15) is 45.4 Å². The predicted octanol–water partition coefficient (Wildman–Crippen LogP) is 4.82. The molecule has 0 aliphatic carbocycles. The van der Waals surface area contributed by atoms with E-state index in [2.05, 4.69) is 57.3 Å². The number of pyridine rings is 1. The highest BCUT2D eigenvalue weighted by Gasteiger charge is 2.09. The van der Waals surface area contributed by atoms with Crippen molar-refractivity contribution in [3.63, 3.8) is 0 Å². The molecule has 2 heteroatoms. The molecule has 1 N–H and O–H groups in total. The summed E-state index contributed by atoms with van der Waals surface area (Å²) in [7, 11) is 0. The fourth-order valence-corrected chi connectivity index (χ4v) is 2.69. The van der Waals surface area contributed by atoms with Crippen molar-refractivity contribution >= 4 is 16.6 Å². The second kappa shape index (κ2) is 6.74. The Morgan fingerprint density at radius 2 is 2.00 bits per heavy atom. The zero-order valence-electron chi connectivity index (χ0n) is 13.2. The summed E-state index contributed by atoms with van der Waals surface area (Å²) in [6.45, 7) is 9.80. The van der Waals surface area contributed by atoms with Crippen molar-refractivity contribution in [1.82, 2.24) is 4.98 Å². The highest BCUT2D eigenvalue weighted by molar-refractivity contribution is 5.93. The molecule has 108 valence electrons. The Morgan fingerprint density at radius 1 is 1.20 bits per heavy atom. The molecule has 0 radical (unpaired) electrons. The van der Waals surface area contributed by atoms with Gasteiger partial charge in [-0.25, -0.2) is 0 Å². The molecule has 0 saturated carbocycles. The second-order valence-corrected chi connectivity index (χ2v) is 5.85. The quantitative estimate of drug-likeness (QED) is 0.814. The Morgan fingerprint density at radius 3 is 2.65 bits per heavy atom. The lowest BCUT2D eigenvalue weighted by molar-refractivity contribution is 0.637.